The smallest absolute Gasteiger partial charge is 0.335 e. The summed E-state index contributed by atoms with van der Waals surface area (Å²) in [6.45, 7) is 1.64. The molecule has 0 aliphatic rings. The lowest BCUT2D eigenvalue weighted by Gasteiger charge is -2.10. The van der Waals surface area contributed by atoms with Crippen molar-refractivity contribution in [3.05, 3.63) is 29.8 Å². The molecule has 1 N–H and O–H groups in total. The van der Waals surface area contributed by atoms with Gasteiger partial charge in [0.1, 0.15) is 0 Å². The van der Waals surface area contributed by atoms with Gasteiger partial charge < -0.3 is 9.84 Å². The van der Waals surface area contributed by atoms with Gasteiger partial charge >= 0.3 is 5.97 Å². The molecule has 1 aromatic rings. The summed E-state index contributed by atoms with van der Waals surface area (Å²) in [6.07, 6.45) is -0.437. The van der Waals surface area contributed by atoms with Crippen molar-refractivity contribution in [2.24, 2.45) is 0 Å². The molecule has 1 aromatic carbocycles. The highest BCUT2D eigenvalue weighted by Gasteiger charge is 2.19. The van der Waals surface area contributed by atoms with E-state index >= 15 is 0 Å². The van der Waals surface area contributed by atoms with E-state index in [1.54, 1.807) is 6.92 Å². The van der Waals surface area contributed by atoms with E-state index in [4.69, 9.17) is 9.84 Å². The van der Waals surface area contributed by atoms with Crippen molar-refractivity contribution in [2.45, 2.75) is 17.9 Å². The van der Waals surface area contributed by atoms with E-state index in [0.29, 0.717) is 0 Å². The number of sulfone groups is 1. The van der Waals surface area contributed by atoms with Gasteiger partial charge in [-0.2, -0.15) is 0 Å². The maximum atomic E-state index is 11.9. The van der Waals surface area contributed by atoms with Crippen molar-refractivity contribution in [3.63, 3.8) is 0 Å². The van der Waals surface area contributed by atoms with E-state index in [9.17, 15) is 13.2 Å². The van der Waals surface area contributed by atoms with E-state index in [1.807, 2.05) is 0 Å². The quantitative estimate of drug-likeness (QED) is 0.858. The zero-order valence-electron chi connectivity index (χ0n) is 9.58. The van der Waals surface area contributed by atoms with Crippen LogP contribution >= 0.6 is 0 Å². The number of aromatic carboxylic acids is 1. The Balaban J connectivity index is 3.07. The average Bonchev–Trinajstić information content (AvgIpc) is 2.28. The Morgan fingerprint density at radius 1 is 1.47 bits per heavy atom. The molecule has 0 aliphatic heterocycles. The Labute approximate surface area is 100.0 Å². The van der Waals surface area contributed by atoms with Crippen LogP contribution in [0.5, 0.6) is 0 Å². The van der Waals surface area contributed by atoms with Crippen molar-refractivity contribution in [1.29, 1.82) is 0 Å². The number of carboxylic acids is 1. The van der Waals surface area contributed by atoms with Gasteiger partial charge in [0.2, 0.25) is 0 Å². The molecular weight excluding hydrogens is 244 g/mol. The second-order valence-corrected chi connectivity index (χ2v) is 5.69. The molecule has 0 aromatic heterocycles. The summed E-state index contributed by atoms with van der Waals surface area (Å²) in [4.78, 5) is 10.7. The van der Waals surface area contributed by atoms with Gasteiger partial charge in [0.05, 0.1) is 22.3 Å². The molecule has 0 radical (unpaired) electrons. The normalized spacial score (nSPS) is 13.3. The summed E-state index contributed by atoms with van der Waals surface area (Å²) in [5.41, 5.74) is -0.0452. The molecular formula is C11H14O5S. The first-order valence-corrected chi connectivity index (χ1v) is 6.61. The highest BCUT2D eigenvalue weighted by molar-refractivity contribution is 7.91. The first-order chi connectivity index (χ1) is 7.86. The SMILES string of the molecule is COC(C)CS(=O)(=O)c1cccc(C(=O)O)c1. The van der Waals surface area contributed by atoms with Crippen molar-refractivity contribution >= 4 is 15.8 Å². The molecule has 0 saturated carbocycles. The van der Waals surface area contributed by atoms with Crippen LogP contribution in [0.2, 0.25) is 0 Å². The number of methoxy groups -OCH3 is 1. The lowest BCUT2D eigenvalue weighted by atomic mass is 10.2. The molecule has 17 heavy (non-hydrogen) atoms. The molecule has 0 saturated heterocycles. The topological polar surface area (TPSA) is 80.7 Å². The fraction of sp³-hybridized carbons (Fsp3) is 0.364. The molecule has 6 heteroatoms. The number of ether oxygens (including phenoxy) is 1. The fourth-order valence-corrected chi connectivity index (χ4v) is 2.83. The Bertz CT molecular complexity index is 506. The minimum atomic E-state index is -3.52. The number of rotatable bonds is 5. The van der Waals surface area contributed by atoms with E-state index in [-0.39, 0.29) is 16.2 Å². The van der Waals surface area contributed by atoms with Crippen LogP contribution in [0.1, 0.15) is 17.3 Å². The van der Waals surface area contributed by atoms with Gasteiger partial charge in [0.15, 0.2) is 9.84 Å². The molecule has 5 nitrogen and oxygen atoms in total. The van der Waals surface area contributed by atoms with Crippen LogP contribution in [-0.2, 0) is 14.6 Å². The molecule has 0 spiro atoms. The van der Waals surface area contributed by atoms with E-state index < -0.39 is 21.9 Å². The van der Waals surface area contributed by atoms with Gasteiger partial charge in [-0.25, -0.2) is 13.2 Å². The van der Waals surface area contributed by atoms with Crippen LogP contribution in [0.25, 0.3) is 0 Å². The molecule has 1 rings (SSSR count). The van der Waals surface area contributed by atoms with Crippen LogP contribution in [0.15, 0.2) is 29.2 Å². The van der Waals surface area contributed by atoms with Crippen LogP contribution < -0.4 is 0 Å². The predicted molar refractivity (Wildman–Crippen MR) is 61.9 cm³/mol. The monoisotopic (exact) mass is 258 g/mol. The highest BCUT2D eigenvalue weighted by atomic mass is 32.2. The Morgan fingerprint density at radius 3 is 2.65 bits per heavy atom. The molecule has 0 amide bonds. The van der Waals surface area contributed by atoms with Crippen molar-refractivity contribution in [3.8, 4) is 0 Å². The summed E-state index contributed by atoms with van der Waals surface area (Å²) in [7, 11) is -2.09. The zero-order valence-corrected chi connectivity index (χ0v) is 10.4. The van der Waals surface area contributed by atoms with Gasteiger partial charge in [-0.1, -0.05) is 6.07 Å². The molecule has 1 atom stereocenters. The van der Waals surface area contributed by atoms with Crippen molar-refractivity contribution in [1.82, 2.24) is 0 Å². The standard InChI is InChI=1S/C11H14O5S/c1-8(16-2)7-17(14,15)10-5-3-4-9(6-10)11(12)13/h3-6,8H,7H2,1-2H3,(H,12,13). The van der Waals surface area contributed by atoms with Crippen LogP contribution in [-0.4, -0.2) is 38.5 Å². The third-order valence-electron chi connectivity index (χ3n) is 2.30. The first-order valence-electron chi connectivity index (χ1n) is 4.95. The van der Waals surface area contributed by atoms with Gasteiger partial charge in [-0.3, -0.25) is 0 Å². The highest BCUT2D eigenvalue weighted by Crippen LogP contribution is 2.15. The summed E-state index contributed by atoms with van der Waals surface area (Å²) < 4.78 is 28.7. The van der Waals surface area contributed by atoms with Gasteiger partial charge in [-0.15, -0.1) is 0 Å². The molecule has 94 valence electrons. The Hall–Kier alpha value is -1.40. The Kier molecular flexibility index (Phi) is 4.25. The predicted octanol–water partition coefficient (Wildman–Crippen LogP) is 1.19. The van der Waals surface area contributed by atoms with E-state index in [0.717, 1.165) is 6.07 Å². The molecule has 0 fully saturated rings. The number of carbonyl (C=O) groups is 1. The number of carboxylic acid groups (broad SMARTS) is 1. The van der Waals surface area contributed by atoms with Crippen LogP contribution in [0.3, 0.4) is 0 Å². The maximum absolute atomic E-state index is 11.9. The van der Waals surface area contributed by atoms with Crippen molar-refractivity contribution < 1.29 is 23.1 Å². The summed E-state index contributed by atoms with van der Waals surface area (Å²) in [6, 6.07) is 5.29. The minimum absolute atomic E-state index is 0.00120. The second kappa shape index (κ2) is 5.29. The number of hydrogen-bond acceptors (Lipinski definition) is 4. The second-order valence-electron chi connectivity index (χ2n) is 3.66. The minimum Gasteiger partial charge on any atom is -0.478 e. The summed E-state index contributed by atoms with van der Waals surface area (Å²) in [5.74, 6) is -1.33. The third-order valence-corrected chi connectivity index (χ3v) is 4.18. The average molecular weight is 258 g/mol. The van der Waals surface area contributed by atoms with Crippen molar-refractivity contribution in [2.75, 3.05) is 12.9 Å². The zero-order chi connectivity index (χ0) is 13.1. The fourth-order valence-electron chi connectivity index (χ4n) is 1.30. The summed E-state index contributed by atoms with van der Waals surface area (Å²) >= 11 is 0. The maximum Gasteiger partial charge on any atom is 0.335 e. The van der Waals surface area contributed by atoms with E-state index in [2.05, 4.69) is 0 Å². The lowest BCUT2D eigenvalue weighted by molar-refractivity contribution is 0.0696. The molecule has 0 aliphatic carbocycles. The molecule has 0 heterocycles. The third kappa shape index (κ3) is 3.54. The molecule has 1 unspecified atom stereocenters. The van der Waals surface area contributed by atoms with Gasteiger partial charge in [0, 0.05) is 7.11 Å². The lowest BCUT2D eigenvalue weighted by Crippen LogP contribution is -2.20. The number of benzene rings is 1. The Morgan fingerprint density at radius 2 is 2.12 bits per heavy atom. The summed E-state index contributed by atoms with van der Waals surface area (Å²) in [5, 5.41) is 8.78. The van der Waals surface area contributed by atoms with Crippen LogP contribution in [0.4, 0.5) is 0 Å². The van der Waals surface area contributed by atoms with E-state index in [1.165, 1.54) is 25.3 Å². The van der Waals surface area contributed by atoms with Gasteiger partial charge in [0.25, 0.3) is 0 Å². The molecule has 0 bridgehead atoms. The first kappa shape index (κ1) is 13.7. The van der Waals surface area contributed by atoms with Crippen LogP contribution in [0, 0.1) is 0 Å². The number of hydrogen-bond donors (Lipinski definition) is 1. The largest absolute Gasteiger partial charge is 0.478 e. The van der Waals surface area contributed by atoms with Gasteiger partial charge in [-0.05, 0) is 25.1 Å².